The summed E-state index contributed by atoms with van der Waals surface area (Å²) in [5.74, 6) is 0.0930. The lowest BCUT2D eigenvalue weighted by Gasteiger charge is -2.34. The van der Waals surface area contributed by atoms with Crippen LogP contribution >= 0.6 is 11.6 Å². The van der Waals surface area contributed by atoms with Gasteiger partial charge in [0.1, 0.15) is 0 Å². The molecule has 0 atom stereocenters. The number of hydrogen-bond donors (Lipinski definition) is 2. The largest absolute Gasteiger partial charge is 0.504 e. The second-order valence-corrected chi connectivity index (χ2v) is 8.15. The van der Waals surface area contributed by atoms with Gasteiger partial charge in [-0.3, -0.25) is 5.32 Å². The molecule has 3 aromatic rings. The molecule has 0 heterocycles. The molecule has 0 radical (unpaired) electrons. The lowest BCUT2D eigenvalue weighted by atomic mass is 9.93. The van der Waals surface area contributed by atoms with Crippen LogP contribution in [0.3, 0.4) is 0 Å². The van der Waals surface area contributed by atoms with Crippen LogP contribution in [-0.4, -0.2) is 24.3 Å². The van der Waals surface area contributed by atoms with E-state index in [1.165, 1.54) is 19.3 Å². The number of nitrogens with one attached hydrogen (secondary N) is 1. The molecule has 0 aliphatic heterocycles. The van der Waals surface area contributed by atoms with Gasteiger partial charge in [-0.05, 0) is 37.1 Å². The van der Waals surface area contributed by atoms with E-state index in [2.05, 4.69) is 17.3 Å². The average Bonchev–Trinajstić information content (AvgIpc) is 2.77. The molecule has 0 aromatic heterocycles. The van der Waals surface area contributed by atoms with E-state index in [4.69, 9.17) is 16.3 Å². The van der Waals surface area contributed by atoms with E-state index in [-0.39, 0.29) is 11.5 Å². The summed E-state index contributed by atoms with van der Waals surface area (Å²) in [6.45, 7) is 0. The molecule has 1 saturated carbocycles. The van der Waals surface area contributed by atoms with Crippen molar-refractivity contribution in [3.8, 4) is 11.5 Å². The Bertz CT molecular complexity index is 1050. The molecule has 0 saturated heterocycles. The summed E-state index contributed by atoms with van der Waals surface area (Å²) in [5.41, 5.74) is 1.50. The Kier molecular flexibility index (Phi) is 6.00. The first-order chi connectivity index (χ1) is 14.5. The van der Waals surface area contributed by atoms with Crippen molar-refractivity contribution in [1.29, 1.82) is 0 Å². The highest BCUT2D eigenvalue weighted by Crippen LogP contribution is 2.42. The molecule has 1 aliphatic carbocycles. The van der Waals surface area contributed by atoms with Crippen molar-refractivity contribution in [3.63, 3.8) is 0 Å². The molecule has 3 aromatic carbocycles. The minimum absolute atomic E-state index is 0.0578. The third-order valence-corrected chi connectivity index (χ3v) is 5.99. The molecule has 1 amide bonds. The minimum Gasteiger partial charge on any atom is -0.504 e. The monoisotopic (exact) mass is 424 g/mol. The van der Waals surface area contributed by atoms with E-state index >= 15 is 0 Å². The van der Waals surface area contributed by atoms with Crippen LogP contribution in [0, 0.1) is 0 Å². The Morgan fingerprint density at radius 2 is 1.73 bits per heavy atom. The van der Waals surface area contributed by atoms with Gasteiger partial charge in [0.05, 0.1) is 0 Å². The quantitative estimate of drug-likeness (QED) is 0.496. The molecule has 1 fully saturated rings. The lowest BCUT2D eigenvalue weighted by molar-refractivity contribution is 0.214. The van der Waals surface area contributed by atoms with Gasteiger partial charge in [0, 0.05) is 46.3 Å². The molecule has 4 rings (SSSR count). The van der Waals surface area contributed by atoms with Crippen LogP contribution in [0.1, 0.15) is 32.1 Å². The maximum atomic E-state index is 12.4. The van der Waals surface area contributed by atoms with E-state index in [1.807, 2.05) is 24.3 Å². The van der Waals surface area contributed by atoms with Crippen molar-refractivity contribution in [3.05, 3.63) is 59.6 Å². The van der Waals surface area contributed by atoms with E-state index in [1.54, 1.807) is 30.3 Å². The number of carbonyl (C=O) groups excluding carboxylic acids is 1. The fourth-order valence-corrected chi connectivity index (χ4v) is 4.27. The van der Waals surface area contributed by atoms with Gasteiger partial charge in [0.15, 0.2) is 11.5 Å². The number of carbonyl (C=O) groups is 1. The Morgan fingerprint density at radius 1 is 1.07 bits per heavy atom. The smallest absolute Gasteiger partial charge is 0.417 e. The lowest BCUT2D eigenvalue weighted by Crippen LogP contribution is -2.33. The van der Waals surface area contributed by atoms with E-state index < -0.39 is 6.09 Å². The van der Waals surface area contributed by atoms with Gasteiger partial charge < -0.3 is 14.7 Å². The zero-order valence-electron chi connectivity index (χ0n) is 16.9. The highest BCUT2D eigenvalue weighted by Gasteiger charge is 2.23. The summed E-state index contributed by atoms with van der Waals surface area (Å²) < 4.78 is 5.52. The summed E-state index contributed by atoms with van der Waals surface area (Å²) in [7, 11) is 2.07. The van der Waals surface area contributed by atoms with Crippen LogP contribution in [0.25, 0.3) is 10.8 Å². The second kappa shape index (κ2) is 8.84. The van der Waals surface area contributed by atoms with Crippen LogP contribution in [0.4, 0.5) is 16.2 Å². The number of rotatable bonds is 4. The standard InChI is InChI=1S/C24H25ClN2O3/c1-27(18-7-3-2-4-8-18)21-15-22(28)23(20-10-6-5-9-19(20)21)30-24(29)26-17-13-11-16(25)12-14-17/h5-6,9-15,18,28H,2-4,7-8H2,1H3,(H,26,29). The third kappa shape index (κ3) is 4.31. The van der Waals surface area contributed by atoms with Gasteiger partial charge in [-0.25, -0.2) is 4.79 Å². The first kappa shape index (κ1) is 20.4. The zero-order chi connectivity index (χ0) is 21.1. The number of phenols is 1. The van der Waals surface area contributed by atoms with Crippen molar-refractivity contribution >= 4 is 39.8 Å². The van der Waals surface area contributed by atoms with Gasteiger partial charge in [0.25, 0.3) is 0 Å². The molecule has 1 aliphatic rings. The van der Waals surface area contributed by atoms with Crippen molar-refractivity contribution in [2.75, 3.05) is 17.3 Å². The molecule has 2 N–H and O–H groups in total. The Labute approximate surface area is 181 Å². The number of amides is 1. The van der Waals surface area contributed by atoms with Crippen molar-refractivity contribution in [2.45, 2.75) is 38.1 Å². The van der Waals surface area contributed by atoms with Crippen molar-refractivity contribution < 1.29 is 14.6 Å². The number of aromatic hydroxyl groups is 1. The molecule has 0 unspecified atom stereocenters. The van der Waals surface area contributed by atoms with Gasteiger partial charge >= 0.3 is 6.09 Å². The number of benzene rings is 3. The van der Waals surface area contributed by atoms with Gasteiger partial charge in [-0.1, -0.05) is 55.1 Å². The highest BCUT2D eigenvalue weighted by atomic mass is 35.5. The Morgan fingerprint density at radius 3 is 2.43 bits per heavy atom. The molecule has 30 heavy (non-hydrogen) atoms. The molecule has 6 heteroatoms. The van der Waals surface area contributed by atoms with Crippen LogP contribution in [-0.2, 0) is 0 Å². The maximum absolute atomic E-state index is 12.4. The van der Waals surface area contributed by atoms with Gasteiger partial charge in [0.2, 0.25) is 0 Å². The number of anilines is 2. The normalized spacial score (nSPS) is 14.5. The number of fused-ring (bicyclic) bond motifs is 1. The topological polar surface area (TPSA) is 61.8 Å². The third-order valence-electron chi connectivity index (χ3n) is 5.74. The molecule has 5 nitrogen and oxygen atoms in total. The summed E-state index contributed by atoms with van der Waals surface area (Å²) in [5, 5.41) is 15.6. The number of hydrogen-bond acceptors (Lipinski definition) is 4. The summed E-state index contributed by atoms with van der Waals surface area (Å²) in [4.78, 5) is 14.7. The summed E-state index contributed by atoms with van der Waals surface area (Å²) >= 11 is 5.88. The van der Waals surface area contributed by atoms with E-state index in [0.29, 0.717) is 22.1 Å². The molecular weight excluding hydrogens is 400 g/mol. The number of halogens is 1. The van der Waals surface area contributed by atoms with Crippen LogP contribution in [0.2, 0.25) is 5.02 Å². The first-order valence-electron chi connectivity index (χ1n) is 10.2. The molecular formula is C24H25ClN2O3. The summed E-state index contributed by atoms with van der Waals surface area (Å²) in [6, 6.07) is 16.5. The zero-order valence-corrected chi connectivity index (χ0v) is 17.7. The van der Waals surface area contributed by atoms with Crippen LogP contribution in [0.15, 0.2) is 54.6 Å². The number of ether oxygens (including phenoxy) is 1. The van der Waals surface area contributed by atoms with Crippen molar-refractivity contribution in [1.82, 2.24) is 0 Å². The second-order valence-electron chi connectivity index (χ2n) is 7.71. The molecule has 0 spiro atoms. The SMILES string of the molecule is CN(c1cc(O)c(OC(=O)Nc2ccc(Cl)cc2)c2ccccc12)C1CCCCC1. The molecule has 0 bridgehead atoms. The van der Waals surface area contributed by atoms with E-state index in [0.717, 1.165) is 23.9 Å². The van der Waals surface area contributed by atoms with Gasteiger partial charge in [-0.2, -0.15) is 0 Å². The fourth-order valence-electron chi connectivity index (χ4n) is 4.15. The van der Waals surface area contributed by atoms with Gasteiger partial charge in [-0.15, -0.1) is 0 Å². The van der Waals surface area contributed by atoms with E-state index in [9.17, 15) is 9.90 Å². The van der Waals surface area contributed by atoms with Crippen LogP contribution < -0.4 is 15.0 Å². The maximum Gasteiger partial charge on any atom is 0.417 e. The number of nitrogens with zero attached hydrogens (tertiary/aromatic N) is 1. The first-order valence-corrected chi connectivity index (χ1v) is 10.6. The van der Waals surface area contributed by atoms with Crippen molar-refractivity contribution in [2.24, 2.45) is 0 Å². The van der Waals surface area contributed by atoms with Crippen LogP contribution in [0.5, 0.6) is 11.5 Å². The Balaban J connectivity index is 1.63. The molecule has 156 valence electrons. The fraction of sp³-hybridized carbons (Fsp3) is 0.292. The minimum atomic E-state index is -0.675. The average molecular weight is 425 g/mol. The predicted molar refractivity (Wildman–Crippen MR) is 122 cm³/mol. The number of phenolic OH excluding ortho intramolecular Hbond substituents is 1. The Hall–Kier alpha value is -2.92. The predicted octanol–water partition coefficient (Wildman–Crippen LogP) is 6.58. The summed E-state index contributed by atoms with van der Waals surface area (Å²) in [6.07, 6.45) is 5.36. The highest BCUT2D eigenvalue weighted by molar-refractivity contribution is 6.30.